The average Bonchev–Trinajstić information content (AvgIpc) is 2.75. The Balaban J connectivity index is 1.98. The second-order valence-corrected chi connectivity index (χ2v) is 5.76. The van der Waals surface area contributed by atoms with Gasteiger partial charge in [0.25, 0.3) is 0 Å². The Hall–Kier alpha value is -0.930. The van der Waals surface area contributed by atoms with E-state index in [2.05, 4.69) is 23.4 Å². The maximum atomic E-state index is 13.6. The van der Waals surface area contributed by atoms with Gasteiger partial charge < -0.3 is 4.90 Å². The molecule has 3 heteroatoms. The fraction of sp³-hybridized carbons (Fsp3) is 0.429. The van der Waals surface area contributed by atoms with E-state index in [1.165, 1.54) is 18.4 Å². The van der Waals surface area contributed by atoms with E-state index in [0.717, 1.165) is 23.2 Å². The van der Waals surface area contributed by atoms with Crippen molar-refractivity contribution in [2.45, 2.75) is 18.8 Å². The molecule has 1 aromatic heterocycles. The molecule has 90 valence electrons. The first-order valence-electron chi connectivity index (χ1n) is 6.10. The van der Waals surface area contributed by atoms with Gasteiger partial charge in [0.05, 0.1) is 4.70 Å². The normalized spacial score (nSPS) is 18.9. The van der Waals surface area contributed by atoms with Crippen LogP contribution in [0.5, 0.6) is 0 Å². The van der Waals surface area contributed by atoms with Gasteiger partial charge in [-0.1, -0.05) is 12.1 Å². The summed E-state index contributed by atoms with van der Waals surface area (Å²) in [6.45, 7) is 2.30. The highest BCUT2D eigenvalue weighted by atomic mass is 32.1. The second kappa shape index (κ2) is 4.39. The third kappa shape index (κ3) is 1.98. The zero-order valence-electron chi connectivity index (χ0n) is 9.95. The van der Waals surface area contributed by atoms with E-state index in [-0.39, 0.29) is 5.82 Å². The highest BCUT2D eigenvalue weighted by molar-refractivity contribution is 7.17. The summed E-state index contributed by atoms with van der Waals surface area (Å²) in [6.07, 6.45) is 2.39. The minimum Gasteiger partial charge on any atom is -0.306 e. The van der Waals surface area contributed by atoms with E-state index >= 15 is 0 Å². The lowest BCUT2D eigenvalue weighted by atomic mass is 9.89. The molecule has 1 saturated heterocycles. The molecule has 0 radical (unpaired) electrons. The van der Waals surface area contributed by atoms with Crippen molar-refractivity contribution in [2.24, 2.45) is 0 Å². The van der Waals surface area contributed by atoms with Crippen molar-refractivity contribution in [3.8, 4) is 0 Å². The van der Waals surface area contributed by atoms with Gasteiger partial charge in [0.15, 0.2) is 0 Å². The predicted molar refractivity (Wildman–Crippen MR) is 71.3 cm³/mol. The van der Waals surface area contributed by atoms with Crippen LogP contribution in [0.25, 0.3) is 10.1 Å². The van der Waals surface area contributed by atoms with Crippen molar-refractivity contribution in [3.63, 3.8) is 0 Å². The third-order valence-electron chi connectivity index (χ3n) is 3.74. The smallest absolute Gasteiger partial charge is 0.140 e. The molecule has 0 N–H and O–H groups in total. The summed E-state index contributed by atoms with van der Waals surface area (Å²) in [7, 11) is 2.17. The van der Waals surface area contributed by atoms with Gasteiger partial charge >= 0.3 is 0 Å². The van der Waals surface area contributed by atoms with Crippen molar-refractivity contribution in [1.82, 2.24) is 4.90 Å². The first-order valence-corrected chi connectivity index (χ1v) is 6.98. The lowest BCUT2D eigenvalue weighted by molar-refractivity contribution is 0.256. The largest absolute Gasteiger partial charge is 0.306 e. The van der Waals surface area contributed by atoms with Crippen LogP contribution in [0.2, 0.25) is 0 Å². The standard InChI is InChI=1S/C14H16FNS/c1-16-7-5-10(6-8-16)12-9-17-14-11(12)3-2-4-13(14)15/h2-4,9-10H,5-8H2,1H3. The van der Waals surface area contributed by atoms with Gasteiger partial charge in [0.2, 0.25) is 0 Å². The lowest BCUT2D eigenvalue weighted by Crippen LogP contribution is -2.29. The molecule has 3 rings (SSSR count). The molecule has 1 nitrogen and oxygen atoms in total. The van der Waals surface area contributed by atoms with Crippen molar-refractivity contribution in [1.29, 1.82) is 0 Å². The van der Waals surface area contributed by atoms with Gasteiger partial charge in [-0.05, 0) is 61.3 Å². The van der Waals surface area contributed by atoms with Crippen molar-refractivity contribution in [2.75, 3.05) is 20.1 Å². The molecule has 1 aromatic carbocycles. The Labute approximate surface area is 105 Å². The zero-order valence-corrected chi connectivity index (χ0v) is 10.8. The Morgan fingerprint density at radius 1 is 1.29 bits per heavy atom. The van der Waals surface area contributed by atoms with Crippen molar-refractivity contribution >= 4 is 21.4 Å². The minimum absolute atomic E-state index is 0.0772. The van der Waals surface area contributed by atoms with Gasteiger partial charge in [0.1, 0.15) is 5.82 Å². The molecule has 0 unspecified atom stereocenters. The molecule has 2 aromatic rings. The van der Waals surface area contributed by atoms with Crippen LogP contribution in [0.3, 0.4) is 0 Å². The van der Waals surface area contributed by atoms with E-state index in [1.54, 1.807) is 17.4 Å². The van der Waals surface area contributed by atoms with Crippen LogP contribution in [0.15, 0.2) is 23.6 Å². The molecule has 0 spiro atoms. The molecule has 0 amide bonds. The first kappa shape index (κ1) is 11.2. The summed E-state index contributed by atoms with van der Waals surface area (Å²) in [5, 5.41) is 3.29. The van der Waals surface area contributed by atoms with E-state index in [4.69, 9.17) is 0 Å². The molecule has 0 aliphatic carbocycles. The molecule has 1 aliphatic rings. The van der Waals surface area contributed by atoms with Crippen LogP contribution in [0.4, 0.5) is 4.39 Å². The molecule has 0 bridgehead atoms. The minimum atomic E-state index is -0.0772. The summed E-state index contributed by atoms with van der Waals surface area (Å²) in [4.78, 5) is 2.37. The van der Waals surface area contributed by atoms with Crippen LogP contribution in [-0.2, 0) is 0 Å². The highest BCUT2D eigenvalue weighted by Crippen LogP contribution is 2.37. The fourth-order valence-corrected chi connectivity index (χ4v) is 3.74. The predicted octanol–water partition coefficient (Wildman–Crippen LogP) is 3.85. The first-order chi connectivity index (χ1) is 8.25. The number of halogens is 1. The Kier molecular flexibility index (Phi) is 2.89. The maximum absolute atomic E-state index is 13.6. The van der Waals surface area contributed by atoms with Gasteiger partial charge in [-0.25, -0.2) is 4.39 Å². The molecular formula is C14H16FNS. The summed E-state index contributed by atoms with van der Waals surface area (Å²) in [6, 6.07) is 5.43. The number of benzene rings is 1. The van der Waals surface area contributed by atoms with Gasteiger partial charge in [-0.2, -0.15) is 0 Å². The molecule has 2 heterocycles. The number of thiophene rings is 1. The van der Waals surface area contributed by atoms with E-state index < -0.39 is 0 Å². The van der Waals surface area contributed by atoms with Gasteiger partial charge in [0, 0.05) is 0 Å². The number of rotatable bonds is 1. The monoisotopic (exact) mass is 249 g/mol. The van der Waals surface area contributed by atoms with Crippen LogP contribution in [0.1, 0.15) is 24.3 Å². The molecule has 0 atom stereocenters. The molecule has 1 aliphatic heterocycles. The zero-order chi connectivity index (χ0) is 11.8. The third-order valence-corrected chi connectivity index (χ3v) is 4.76. The van der Waals surface area contributed by atoms with E-state index in [9.17, 15) is 4.39 Å². The summed E-state index contributed by atoms with van der Waals surface area (Å²) >= 11 is 1.55. The van der Waals surface area contributed by atoms with Gasteiger partial charge in [-0.3, -0.25) is 0 Å². The number of hydrogen-bond donors (Lipinski definition) is 0. The van der Waals surface area contributed by atoms with Crippen molar-refractivity contribution < 1.29 is 4.39 Å². The highest BCUT2D eigenvalue weighted by Gasteiger charge is 2.21. The average molecular weight is 249 g/mol. The topological polar surface area (TPSA) is 3.24 Å². The Morgan fingerprint density at radius 3 is 2.82 bits per heavy atom. The summed E-state index contributed by atoms with van der Waals surface area (Å²) in [5.74, 6) is 0.536. The van der Waals surface area contributed by atoms with Crippen LogP contribution >= 0.6 is 11.3 Å². The van der Waals surface area contributed by atoms with E-state index in [1.807, 2.05) is 6.07 Å². The molecule has 17 heavy (non-hydrogen) atoms. The van der Waals surface area contributed by atoms with Crippen LogP contribution in [0, 0.1) is 5.82 Å². The number of fused-ring (bicyclic) bond motifs is 1. The second-order valence-electron chi connectivity index (χ2n) is 4.89. The number of hydrogen-bond acceptors (Lipinski definition) is 2. The lowest BCUT2D eigenvalue weighted by Gasteiger charge is -2.28. The molecule has 0 saturated carbocycles. The summed E-state index contributed by atoms with van der Waals surface area (Å²) < 4.78 is 14.5. The van der Waals surface area contributed by atoms with Crippen LogP contribution in [-0.4, -0.2) is 25.0 Å². The van der Waals surface area contributed by atoms with Crippen LogP contribution < -0.4 is 0 Å². The Morgan fingerprint density at radius 2 is 2.06 bits per heavy atom. The fourth-order valence-electron chi connectivity index (χ4n) is 2.68. The maximum Gasteiger partial charge on any atom is 0.140 e. The number of piperidine rings is 1. The quantitative estimate of drug-likeness (QED) is 0.742. The summed E-state index contributed by atoms with van der Waals surface area (Å²) in [5.41, 5.74) is 1.36. The van der Waals surface area contributed by atoms with Gasteiger partial charge in [-0.15, -0.1) is 11.3 Å². The van der Waals surface area contributed by atoms with Crippen molar-refractivity contribution in [3.05, 3.63) is 35.0 Å². The molecule has 1 fully saturated rings. The van der Waals surface area contributed by atoms with E-state index in [0.29, 0.717) is 5.92 Å². The Bertz CT molecular complexity index is 526. The number of likely N-dealkylation sites (tertiary alicyclic amines) is 1. The SMILES string of the molecule is CN1CCC(c2csc3c(F)cccc23)CC1. The number of nitrogens with zero attached hydrogens (tertiary/aromatic N) is 1. The molecular weight excluding hydrogens is 233 g/mol.